The summed E-state index contributed by atoms with van der Waals surface area (Å²) in [5.74, 6) is 3.03. The van der Waals surface area contributed by atoms with Crippen LogP contribution < -0.4 is 0 Å². The van der Waals surface area contributed by atoms with Crippen LogP contribution in [0.25, 0.3) is 11.6 Å². The highest BCUT2D eigenvalue weighted by molar-refractivity contribution is 5.58. The van der Waals surface area contributed by atoms with Gasteiger partial charge in [0.1, 0.15) is 11.5 Å². The number of aryl methyl sites for hydroxylation is 2. The van der Waals surface area contributed by atoms with Crippen LogP contribution in [0.3, 0.4) is 0 Å². The number of aromatic nitrogens is 5. The first-order valence-corrected chi connectivity index (χ1v) is 8.79. The number of hydrogen-bond donors (Lipinski definition) is 0. The summed E-state index contributed by atoms with van der Waals surface area (Å²) in [5, 5.41) is 17.2. The molecule has 130 valence electrons. The van der Waals surface area contributed by atoms with Crippen molar-refractivity contribution in [2.24, 2.45) is 13.0 Å². The third-order valence-corrected chi connectivity index (χ3v) is 6.19. The molecule has 0 fully saturated rings. The standard InChI is InChI=1S/C18H21N5O2/c1-9-13-6-5-12-14(17-21-20-10(2)24-17)23(4)22-16(12)18(13,3)7-11-8-19-25-15(9)11/h8-9,13H,5-7H2,1-4H3/t9-,13-,18?/m0/s1. The van der Waals surface area contributed by atoms with E-state index in [1.165, 1.54) is 11.1 Å². The molecule has 0 aliphatic heterocycles. The van der Waals surface area contributed by atoms with Crippen LogP contribution in [0.2, 0.25) is 0 Å². The Kier molecular flexibility index (Phi) is 2.86. The number of fused-ring (bicyclic) bond motifs is 4. The highest BCUT2D eigenvalue weighted by atomic mass is 16.5. The van der Waals surface area contributed by atoms with Crippen molar-refractivity contribution in [3.05, 3.63) is 34.7 Å². The predicted molar refractivity (Wildman–Crippen MR) is 89.0 cm³/mol. The highest BCUT2D eigenvalue weighted by Gasteiger charge is 2.51. The molecule has 0 aromatic carbocycles. The lowest BCUT2D eigenvalue weighted by Gasteiger charge is -2.46. The highest BCUT2D eigenvalue weighted by Crippen LogP contribution is 2.54. The summed E-state index contributed by atoms with van der Waals surface area (Å²) in [6.07, 6.45) is 4.84. The summed E-state index contributed by atoms with van der Waals surface area (Å²) in [5.41, 5.74) is 4.54. The lowest BCUT2D eigenvalue weighted by Crippen LogP contribution is -2.44. The number of rotatable bonds is 1. The molecule has 0 spiro atoms. The fourth-order valence-corrected chi connectivity index (χ4v) is 5.09. The Labute approximate surface area is 145 Å². The van der Waals surface area contributed by atoms with Gasteiger partial charge in [-0.25, -0.2) is 0 Å². The zero-order valence-corrected chi connectivity index (χ0v) is 14.9. The first-order chi connectivity index (χ1) is 12.0. The van der Waals surface area contributed by atoms with E-state index in [4.69, 9.17) is 14.0 Å². The van der Waals surface area contributed by atoms with E-state index in [0.29, 0.717) is 23.6 Å². The van der Waals surface area contributed by atoms with E-state index in [2.05, 4.69) is 29.2 Å². The van der Waals surface area contributed by atoms with Gasteiger partial charge in [-0.3, -0.25) is 4.68 Å². The normalized spacial score (nSPS) is 27.7. The molecule has 0 amide bonds. The molecule has 3 aromatic rings. The fourth-order valence-electron chi connectivity index (χ4n) is 5.09. The van der Waals surface area contributed by atoms with E-state index in [0.717, 1.165) is 36.4 Å². The van der Waals surface area contributed by atoms with Crippen molar-refractivity contribution in [1.29, 1.82) is 0 Å². The van der Waals surface area contributed by atoms with Crippen LogP contribution in [0.5, 0.6) is 0 Å². The molecular weight excluding hydrogens is 318 g/mol. The largest absolute Gasteiger partial charge is 0.420 e. The van der Waals surface area contributed by atoms with E-state index in [9.17, 15) is 0 Å². The monoisotopic (exact) mass is 339 g/mol. The first kappa shape index (κ1) is 14.9. The summed E-state index contributed by atoms with van der Waals surface area (Å²) < 4.78 is 13.1. The molecule has 2 aliphatic rings. The average Bonchev–Trinajstić information content (AvgIpc) is 3.26. The lowest BCUT2D eigenvalue weighted by molar-refractivity contribution is 0.172. The molecule has 25 heavy (non-hydrogen) atoms. The van der Waals surface area contributed by atoms with Crippen molar-refractivity contribution < 1.29 is 8.94 Å². The van der Waals surface area contributed by atoms with Gasteiger partial charge >= 0.3 is 0 Å². The van der Waals surface area contributed by atoms with Crippen molar-refractivity contribution in [3.63, 3.8) is 0 Å². The topological polar surface area (TPSA) is 82.8 Å². The zero-order chi connectivity index (χ0) is 17.3. The Morgan fingerprint density at radius 1 is 1.32 bits per heavy atom. The molecule has 2 aliphatic carbocycles. The van der Waals surface area contributed by atoms with Crippen molar-refractivity contribution in [3.8, 4) is 11.6 Å². The molecule has 7 nitrogen and oxygen atoms in total. The van der Waals surface area contributed by atoms with Crippen molar-refractivity contribution in [2.45, 2.75) is 51.4 Å². The molecule has 7 heteroatoms. The summed E-state index contributed by atoms with van der Waals surface area (Å²) >= 11 is 0. The van der Waals surface area contributed by atoms with Gasteiger partial charge in [0.2, 0.25) is 5.89 Å². The maximum Gasteiger partial charge on any atom is 0.266 e. The third kappa shape index (κ3) is 1.86. The van der Waals surface area contributed by atoms with E-state index < -0.39 is 0 Å². The van der Waals surface area contributed by atoms with Crippen molar-refractivity contribution in [2.75, 3.05) is 0 Å². The minimum absolute atomic E-state index is 0.0311. The minimum Gasteiger partial charge on any atom is -0.420 e. The average molecular weight is 339 g/mol. The van der Waals surface area contributed by atoms with E-state index in [1.54, 1.807) is 0 Å². The summed E-state index contributed by atoms with van der Waals surface area (Å²) in [6.45, 7) is 6.40. The zero-order valence-electron chi connectivity index (χ0n) is 14.9. The number of nitrogens with zero attached hydrogens (tertiary/aromatic N) is 5. The quantitative estimate of drug-likeness (QED) is 0.678. The Morgan fingerprint density at radius 2 is 2.16 bits per heavy atom. The molecule has 5 rings (SSSR count). The second kappa shape index (κ2) is 4.80. The SMILES string of the molecule is Cc1nnc(-c2c3c(nn2C)C2(C)Cc4cnoc4[C@@H](C)[C@@H]2CC3)o1. The minimum atomic E-state index is -0.0311. The molecule has 3 heterocycles. The predicted octanol–water partition coefficient (Wildman–Crippen LogP) is 2.95. The Bertz CT molecular complexity index is 968. The number of hydrogen-bond acceptors (Lipinski definition) is 6. The molecule has 3 aromatic heterocycles. The van der Waals surface area contributed by atoms with E-state index in [1.807, 2.05) is 24.9 Å². The Morgan fingerprint density at radius 3 is 2.92 bits per heavy atom. The van der Waals surface area contributed by atoms with Gasteiger partial charge < -0.3 is 8.94 Å². The van der Waals surface area contributed by atoms with Gasteiger partial charge in [-0.1, -0.05) is 19.0 Å². The maximum atomic E-state index is 5.70. The second-order valence-corrected chi connectivity index (χ2v) is 7.67. The maximum absolute atomic E-state index is 5.70. The molecule has 0 bridgehead atoms. The van der Waals surface area contributed by atoms with Crippen LogP contribution in [-0.4, -0.2) is 25.1 Å². The molecule has 0 saturated heterocycles. The van der Waals surface area contributed by atoms with E-state index in [-0.39, 0.29) is 5.41 Å². The van der Waals surface area contributed by atoms with Crippen molar-refractivity contribution >= 4 is 0 Å². The molecule has 1 unspecified atom stereocenters. The van der Waals surface area contributed by atoms with Crippen LogP contribution in [0.1, 0.15) is 54.7 Å². The van der Waals surface area contributed by atoms with Gasteiger partial charge in [0.05, 0.1) is 11.9 Å². The molecule has 0 N–H and O–H groups in total. The van der Waals surface area contributed by atoms with Crippen LogP contribution >= 0.6 is 0 Å². The summed E-state index contributed by atoms with van der Waals surface area (Å²) in [7, 11) is 1.96. The fraction of sp³-hybridized carbons (Fsp3) is 0.556. The molecular formula is C18H21N5O2. The van der Waals surface area contributed by atoms with Crippen LogP contribution in [-0.2, 0) is 25.3 Å². The summed E-state index contributed by atoms with van der Waals surface area (Å²) in [6, 6.07) is 0. The van der Waals surface area contributed by atoms with Gasteiger partial charge in [-0.15, -0.1) is 10.2 Å². The molecule has 0 radical (unpaired) electrons. The van der Waals surface area contributed by atoms with Crippen LogP contribution in [0.15, 0.2) is 15.1 Å². The van der Waals surface area contributed by atoms with Crippen LogP contribution in [0.4, 0.5) is 0 Å². The molecule has 0 saturated carbocycles. The Balaban J connectivity index is 1.69. The van der Waals surface area contributed by atoms with Gasteiger partial charge in [-0.05, 0) is 25.2 Å². The molecule has 3 atom stereocenters. The van der Waals surface area contributed by atoms with Gasteiger partial charge in [0, 0.05) is 36.4 Å². The Hall–Kier alpha value is -2.44. The third-order valence-electron chi connectivity index (χ3n) is 6.19. The van der Waals surface area contributed by atoms with Crippen molar-refractivity contribution in [1.82, 2.24) is 25.1 Å². The smallest absolute Gasteiger partial charge is 0.266 e. The van der Waals surface area contributed by atoms with Crippen LogP contribution in [0, 0.1) is 12.8 Å². The van der Waals surface area contributed by atoms with Gasteiger partial charge in [0.25, 0.3) is 5.89 Å². The van der Waals surface area contributed by atoms with E-state index >= 15 is 0 Å². The van der Waals surface area contributed by atoms with Gasteiger partial charge in [-0.2, -0.15) is 5.10 Å². The second-order valence-electron chi connectivity index (χ2n) is 7.67. The summed E-state index contributed by atoms with van der Waals surface area (Å²) in [4.78, 5) is 0. The lowest BCUT2D eigenvalue weighted by atomic mass is 9.57. The first-order valence-electron chi connectivity index (χ1n) is 8.79. The van der Waals surface area contributed by atoms with Gasteiger partial charge in [0.15, 0.2) is 0 Å².